The number of allylic oxidation sites excluding steroid dienone is 2. The number of anilines is 5. The molecule has 2 aliphatic carbocycles. The molecule has 1 spiro atoms. The quantitative estimate of drug-likeness (QED) is 0.157. The Morgan fingerprint density at radius 3 is 1.66 bits per heavy atom. The van der Waals surface area contributed by atoms with Crippen LogP contribution in [-0.2, 0) is 5.41 Å². The molecule has 0 bridgehead atoms. The lowest BCUT2D eigenvalue weighted by Gasteiger charge is -2.47. The van der Waals surface area contributed by atoms with Crippen LogP contribution in [0, 0.1) is 5.92 Å². The van der Waals surface area contributed by atoms with Crippen LogP contribution in [0.2, 0.25) is 0 Å². The van der Waals surface area contributed by atoms with Gasteiger partial charge in [0.2, 0.25) is 0 Å². The van der Waals surface area contributed by atoms with Crippen molar-refractivity contribution in [1.82, 2.24) is 0 Å². The van der Waals surface area contributed by atoms with E-state index < -0.39 is 5.41 Å². The zero-order valence-electron chi connectivity index (χ0n) is 38.5. The zero-order chi connectivity index (χ0) is 46.3. The average Bonchev–Trinajstić information content (AvgIpc) is 3.93. The number of rotatable bonds is 7. The second-order valence-electron chi connectivity index (χ2n) is 18.8. The lowest BCUT2D eigenvalue weighted by Crippen LogP contribution is -2.41. The van der Waals surface area contributed by atoms with Gasteiger partial charge in [0.25, 0.3) is 0 Å². The van der Waals surface area contributed by atoms with Gasteiger partial charge in [-0.2, -0.15) is 0 Å². The van der Waals surface area contributed by atoms with E-state index in [9.17, 15) is 0 Å². The van der Waals surface area contributed by atoms with Crippen molar-refractivity contribution in [2.75, 3.05) is 9.80 Å². The summed E-state index contributed by atoms with van der Waals surface area (Å²) in [6.07, 6.45) is 5.07. The molecule has 14 rings (SSSR count). The van der Waals surface area contributed by atoms with Crippen LogP contribution in [0.4, 0.5) is 28.4 Å². The highest BCUT2D eigenvalue weighted by molar-refractivity contribution is 8.00. The van der Waals surface area contributed by atoms with Crippen LogP contribution in [0.3, 0.4) is 0 Å². The molecule has 0 saturated heterocycles. The first-order valence-electron chi connectivity index (χ1n) is 24.3. The molecule has 0 amide bonds. The number of thioether (sulfide) groups is 1. The van der Waals surface area contributed by atoms with E-state index in [4.69, 9.17) is 0 Å². The molecule has 0 radical (unpaired) electrons. The van der Waals surface area contributed by atoms with Crippen molar-refractivity contribution in [3.8, 4) is 22.3 Å². The Kier molecular flexibility index (Phi) is 9.62. The van der Waals surface area contributed by atoms with Gasteiger partial charge < -0.3 is 9.80 Å². The minimum Gasteiger partial charge on any atom is -0.311 e. The number of hydrogen-bond acceptors (Lipinski definition) is 4. The van der Waals surface area contributed by atoms with Crippen molar-refractivity contribution in [2.24, 2.45) is 5.92 Å². The van der Waals surface area contributed by atoms with Crippen LogP contribution in [0.5, 0.6) is 0 Å². The second kappa shape index (κ2) is 16.4. The summed E-state index contributed by atoms with van der Waals surface area (Å²) in [5.41, 5.74) is 17.2. The van der Waals surface area contributed by atoms with Crippen molar-refractivity contribution in [3.05, 3.63) is 277 Å². The molecule has 0 fully saturated rings. The molecule has 0 N–H and O–H groups in total. The van der Waals surface area contributed by atoms with Crippen LogP contribution in [0.1, 0.15) is 23.6 Å². The van der Waals surface area contributed by atoms with Gasteiger partial charge in [-0.15, -0.1) is 23.1 Å². The third-order valence-corrected chi connectivity index (χ3v) is 17.5. The summed E-state index contributed by atoms with van der Waals surface area (Å²) in [5.74, 6) is 0.272. The molecule has 2 nitrogen and oxygen atoms in total. The summed E-state index contributed by atoms with van der Waals surface area (Å²) in [6, 6.07) is 87.5. The summed E-state index contributed by atoms with van der Waals surface area (Å²) >= 11 is 3.92. The topological polar surface area (TPSA) is 6.48 Å². The minimum atomic E-state index is -0.403. The molecule has 11 aromatic rings. The van der Waals surface area contributed by atoms with Crippen molar-refractivity contribution in [1.29, 1.82) is 0 Å². The summed E-state index contributed by atoms with van der Waals surface area (Å²) in [7, 11) is 0. The highest BCUT2D eigenvalue weighted by atomic mass is 32.2. The molecule has 2 heterocycles. The van der Waals surface area contributed by atoms with Crippen LogP contribution < -0.4 is 9.80 Å². The number of hydrogen-bond donors (Lipinski definition) is 0. The standard InChI is InChI=1S/C66H46N2S2/c1-43-39-51(42-59-65(43)70-60-32-18-17-31-58(60)66(59)56-29-15-13-27-53(56)54-28-14-16-30-57(54)66)67(47-20-5-2-6-21-47)50-36-33-44(34-37-50)45-35-38-55-61(40-45)69-62-41-46-19-11-12-26-52(46)64(63(55)62)68(48-22-7-3-8-23-48)49-24-9-4-10-25-49/h2-43,65H,1H3. The fourth-order valence-electron chi connectivity index (χ4n) is 11.9. The molecule has 1 aromatic heterocycles. The van der Waals surface area contributed by atoms with E-state index in [-0.39, 0.29) is 11.2 Å². The molecule has 3 aliphatic rings. The van der Waals surface area contributed by atoms with Crippen molar-refractivity contribution in [3.63, 3.8) is 0 Å². The first-order valence-corrected chi connectivity index (χ1v) is 26.0. The first-order chi connectivity index (χ1) is 34.6. The highest BCUT2D eigenvalue weighted by Gasteiger charge is 2.54. The molecule has 332 valence electrons. The smallest absolute Gasteiger partial charge is 0.0699 e. The fourth-order valence-corrected chi connectivity index (χ4v) is 14.6. The Balaban J connectivity index is 0.892. The fraction of sp³-hybridized carbons (Fsp3) is 0.0606. The second-order valence-corrected chi connectivity index (χ2v) is 21.1. The Bertz CT molecular complexity index is 3810. The number of fused-ring (bicyclic) bond motifs is 13. The van der Waals surface area contributed by atoms with E-state index in [2.05, 4.69) is 265 Å². The van der Waals surface area contributed by atoms with E-state index in [1.807, 2.05) is 23.1 Å². The molecule has 2 atom stereocenters. The average molecular weight is 931 g/mol. The van der Waals surface area contributed by atoms with Crippen LogP contribution in [0.25, 0.3) is 53.2 Å². The lowest BCUT2D eigenvalue weighted by molar-refractivity contribution is 0.603. The van der Waals surface area contributed by atoms with Gasteiger partial charge in [-0.25, -0.2) is 0 Å². The summed E-state index contributed by atoms with van der Waals surface area (Å²) in [6.45, 7) is 2.42. The van der Waals surface area contributed by atoms with Gasteiger partial charge in [-0.1, -0.05) is 183 Å². The Morgan fingerprint density at radius 1 is 0.443 bits per heavy atom. The van der Waals surface area contributed by atoms with Gasteiger partial charge >= 0.3 is 0 Å². The zero-order valence-corrected chi connectivity index (χ0v) is 40.2. The predicted molar refractivity (Wildman–Crippen MR) is 299 cm³/mol. The van der Waals surface area contributed by atoms with Gasteiger partial charge in [0.1, 0.15) is 0 Å². The predicted octanol–water partition coefficient (Wildman–Crippen LogP) is 18.4. The molecule has 70 heavy (non-hydrogen) atoms. The lowest BCUT2D eigenvalue weighted by atomic mass is 9.63. The summed E-state index contributed by atoms with van der Waals surface area (Å²) in [5, 5.41) is 5.30. The molecular formula is C66H46N2S2. The number of benzene rings is 10. The first kappa shape index (κ1) is 41.1. The molecule has 2 unspecified atom stereocenters. The van der Waals surface area contributed by atoms with E-state index in [0.717, 1.165) is 22.7 Å². The van der Waals surface area contributed by atoms with Gasteiger partial charge in [0.05, 0.1) is 11.1 Å². The SMILES string of the molecule is CC1C=C(N(c2ccccc2)c2ccc(-c3ccc4c(c3)sc3cc5ccccc5c(N(c5ccccc5)c5ccccc5)c34)cc2)C=C2C1Sc1ccccc1C21c2ccccc2-c2ccccc21. The third-order valence-electron chi connectivity index (χ3n) is 14.9. The molecular weight excluding hydrogens is 885 g/mol. The van der Waals surface area contributed by atoms with Gasteiger partial charge in [-0.3, -0.25) is 0 Å². The monoisotopic (exact) mass is 930 g/mol. The minimum absolute atomic E-state index is 0.272. The molecule has 1 aliphatic heterocycles. The molecule has 0 saturated carbocycles. The van der Waals surface area contributed by atoms with Crippen LogP contribution >= 0.6 is 23.1 Å². The number of para-hydroxylation sites is 3. The highest BCUT2D eigenvalue weighted by Crippen LogP contribution is 2.64. The Morgan fingerprint density at radius 2 is 0.986 bits per heavy atom. The maximum atomic E-state index is 2.55. The molecule has 10 aromatic carbocycles. The maximum Gasteiger partial charge on any atom is 0.0699 e. The number of nitrogens with zero attached hydrogens (tertiary/aromatic N) is 2. The maximum absolute atomic E-state index is 2.55. The third kappa shape index (κ3) is 6.26. The van der Waals surface area contributed by atoms with Gasteiger partial charge in [-0.05, 0) is 129 Å². The van der Waals surface area contributed by atoms with E-state index in [1.54, 1.807) is 0 Å². The molecule has 4 heteroatoms. The van der Waals surface area contributed by atoms with Gasteiger partial charge in [0, 0.05) is 64.2 Å². The van der Waals surface area contributed by atoms with Crippen molar-refractivity contribution < 1.29 is 0 Å². The normalized spacial score (nSPS) is 16.3. The van der Waals surface area contributed by atoms with Crippen LogP contribution in [-0.4, -0.2) is 5.25 Å². The van der Waals surface area contributed by atoms with Crippen molar-refractivity contribution in [2.45, 2.75) is 22.5 Å². The van der Waals surface area contributed by atoms with Crippen molar-refractivity contribution >= 4 is 82.5 Å². The largest absolute Gasteiger partial charge is 0.311 e. The van der Waals surface area contributed by atoms with E-state index in [1.165, 1.54) is 91.7 Å². The van der Waals surface area contributed by atoms with Gasteiger partial charge in [0.15, 0.2) is 0 Å². The summed E-state index contributed by atoms with van der Waals surface area (Å²) < 4.78 is 2.56. The van der Waals surface area contributed by atoms with E-state index in [0.29, 0.717) is 0 Å². The Labute approximate surface area is 417 Å². The number of thiophene rings is 1. The summed E-state index contributed by atoms with van der Waals surface area (Å²) in [4.78, 5) is 6.29. The Hall–Kier alpha value is -7.89. The van der Waals surface area contributed by atoms with Crippen LogP contribution in [0.15, 0.2) is 265 Å². The van der Waals surface area contributed by atoms with E-state index >= 15 is 0 Å².